The summed E-state index contributed by atoms with van der Waals surface area (Å²) in [4.78, 5) is 0.0662. The molecule has 2 aromatic carbocycles. The van der Waals surface area contributed by atoms with Gasteiger partial charge in [0.05, 0.1) is 30.1 Å². The second-order valence-electron chi connectivity index (χ2n) is 7.60. The molecule has 1 aliphatic rings. The molecule has 31 heavy (non-hydrogen) atoms. The van der Waals surface area contributed by atoms with Crippen LogP contribution in [0.5, 0.6) is 5.75 Å². The van der Waals surface area contributed by atoms with Crippen molar-refractivity contribution in [1.29, 1.82) is 0 Å². The molecule has 1 fully saturated rings. The lowest BCUT2D eigenvalue weighted by atomic mass is 9.97. The van der Waals surface area contributed by atoms with Crippen molar-refractivity contribution in [3.63, 3.8) is 0 Å². The zero-order chi connectivity index (χ0) is 22.6. The van der Waals surface area contributed by atoms with Crippen molar-refractivity contribution in [1.82, 2.24) is 9.03 Å². The molecule has 0 spiro atoms. The maximum Gasteiger partial charge on any atom is 0.243 e. The van der Waals surface area contributed by atoms with E-state index in [1.165, 1.54) is 28.6 Å². The molecule has 1 N–H and O–H groups in total. The summed E-state index contributed by atoms with van der Waals surface area (Å²) in [5.74, 6) is 0.676. The maximum absolute atomic E-state index is 13.0. The number of morpholine rings is 1. The van der Waals surface area contributed by atoms with Gasteiger partial charge < -0.3 is 9.47 Å². The van der Waals surface area contributed by atoms with E-state index >= 15 is 0 Å². The molecule has 1 aliphatic heterocycles. The minimum atomic E-state index is -3.87. The van der Waals surface area contributed by atoms with E-state index in [2.05, 4.69) is 4.72 Å². The number of nitrogens with zero attached hydrogens (tertiary/aromatic N) is 1. The van der Waals surface area contributed by atoms with Crippen LogP contribution in [0.4, 0.5) is 0 Å². The summed E-state index contributed by atoms with van der Waals surface area (Å²) < 4.78 is 65.9. The van der Waals surface area contributed by atoms with Gasteiger partial charge in [-0.3, -0.25) is 0 Å². The summed E-state index contributed by atoms with van der Waals surface area (Å²) in [6.07, 6.45) is 0. The van der Waals surface area contributed by atoms with Gasteiger partial charge in [-0.1, -0.05) is 26.0 Å². The Morgan fingerprint density at radius 2 is 1.45 bits per heavy atom. The van der Waals surface area contributed by atoms with Gasteiger partial charge >= 0.3 is 0 Å². The number of benzene rings is 2. The molecule has 0 saturated carbocycles. The topological polar surface area (TPSA) is 102 Å². The van der Waals surface area contributed by atoms with Gasteiger partial charge in [0.15, 0.2) is 0 Å². The van der Waals surface area contributed by atoms with Crippen LogP contribution in [0.1, 0.15) is 25.5 Å². The molecular weight excluding hydrogens is 440 g/mol. The molecule has 170 valence electrons. The van der Waals surface area contributed by atoms with E-state index < -0.39 is 26.1 Å². The fraction of sp³-hybridized carbons (Fsp3) is 0.429. The zero-order valence-electron chi connectivity index (χ0n) is 17.8. The van der Waals surface area contributed by atoms with Gasteiger partial charge in [-0.05, 0) is 47.9 Å². The van der Waals surface area contributed by atoms with Crippen LogP contribution in [0, 0.1) is 5.92 Å². The number of nitrogens with one attached hydrogen (secondary N) is 1. The first-order valence-electron chi connectivity index (χ1n) is 9.99. The molecule has 1 saturated heterocycles. The Balaban J connectivity index is 1.81. The summed E-state index contributed by atoms with van der Waals surface area (Å²) in [5.41, 5.74) is 0.811. The van der Waals surface area contributed by atoms with Crippen molar-refractivity contribution >= 4 is 20.0 Å². The predicted octanol–water partition coefficient (Wildman–Crippen LogP) is 2.39. The summed E-state index contributed by atoms with van der Waals surface area (Å²) >= 11 is 0. The third-order valence-electron chi connectivity index (χ3n) is 5.17. The Kier molecular flexibility index (Phi) is 7.38. The Hall–Kier alpha value is -1.98. The third kappa shape index (κ3) is 5.45. The van der Waals surface area contributed by atoms with Crippen LogP contribution in [0.25, 0.3) is 0 Å². The van der Waals surface area contributed by atoms with Gasteiger partial charge in [0.25, 0.3) is 0 Å². The SMILES string of the molecule is COc1ccc(C(NS(=O)(=O)c2ccc(S(=O)(=O)N3CCOCC3)cc2)C(C)C)cc1. The van der Waals surface area contributed by atoms with Gasteiger partial charge in [-0.25, -0.2) is 21.6 Å². The Morgan fingerprint density at radius 1 is 0.903 bits per heavy atom. The van der Waals surface area contributed by atoms with E-state index in [1.807, 2.05) is 26.0 Å². The standard InChI is InChI=1S/C21H28N2O6S2/c1-16(2)21(17-4-6-18(28-3)7-5-17)22-30(24,25)19-8-10-20(11-9-19)31(26,27)23-12-14-29-15-13-23/h4-11,16,21-22H,12-15H2,1-3H3. The van der Waals surface area contributed by atoms with Crippen molar-refractivity contribution < 1.29 is 26.3 Å². The van der Waals surface area contributed by atoms with Crippen LogP contribution in [0.2, 0.25) is 0 Å². The molecule has 1 unspecified atom stereocenters. The highest BCUT2D eigenvalue weighted by atomic mass is 32.2. The average molecular weight is 469 g/mol. The van der Waals surface area contributed by atoms with E-state index in [9.17, 15) is 16.8 Å². The van der Waals surface area contributed by atoms with Crippen LogP contribution in [0.15, 0.2) is 58.3 Å². The van der Waals surface area contributed by atoms with Gasteiger partial charge in [-0.2, -0.15) is 4.31 Å². The van der Waals surface area contributed by atoms with Gasteiger partial charge in [0.1, 0.15) is 5.75 Å². The average Bonchev–Trinajstić information content (AvgIpc) is 2.78. The lowest BCUT2D eigenvalue weighted by molar-refractivity contribution is 0.0730. The number of rotatable bonds is 8. The maximum atomic E-state index is 13.0. The second kappa shape index (κ2) is 9.66. The summed E-state index contributed by atoms with van der Waals surface area (Å²) in [6.45, 7) is 5.10. The van der Waals surface area contributed by atoms with Crippen LogP contribution >= 0.6 is 0 Å². The lowest BCUT2D eigenvalue weighted by Crippen LogP contribution is -2.40. The fourth-order valence-electron chi connectivity index (χ4n) is 3.36. The molecule has 8 nitrogen and oxygen atoms in total. The molecule has 0 radical (unpaired) electrons. The molecule has 2 aromatic rings. The minimum absolute atomic E-state index is 0.00703. The van der Waals surface area contributed by atoms with Crippen LogP contribution in [-0.4, -0.2) is 54.6 Å². The first-order chi connectivity index (χ1) is 14.6. The fourth-order valence-corrected chi connectivity index (χ4v) is 6.14. The van der Waals surface area contributed by atoms with Crippen LogP contribution in [0.3, 0.4) is 0 Å². The van der Waals surface area contributed by atoms with Crippen LogP contribution in [-0.2, 0) is 24.8 Å². The highest BCUT2D eigenvalue weighted by Gasteiger charge is 2.28. The monoisotopic (exact) mass is 468 g/mol. The molecule has 0 aromatic heterocycles. The summed E-state index contributed by atoms with van der Waals surface area (Å²) in [5, 5.41) is 0. The van der Waals surface area contributed by atoms with Gasteiger partial charge in [0, 0.05) is 19.1 Å². The van der Waals surface area contributed by atoms with E-state index in [4.69, 9.17) is 9.47 Å². The molecular formula is C21H28N2O6S2. The highest BCUT2D eigenvalue weighted by Crippen LogP contribution is 2.27. The quantitative estimate of drug-likeness (QED) is 0.638. The Morgan fingerprint density at radius 3 is 1.97 bits per heavy atom. The summed E-state index contributed by atoms with van der Waals surface area (Å²) in [7, 11) is -5.98. The largest absolute Gasteiger partial charge is 0.497 e. The first kappa shape index (κ1) is 23.7. The number of methoxy groups -OCH3 is 1. The van der Waals surface area contributed by atoms with E-state index in [-0.39, 0.29) is 28.8 Å². The molecule has 1 heterocycles. The lowest BCUT2D eigenvalue weighted by Gasteiger charge is -2.26. The number of sulfonamides is 2. The van der Waals surface area contributed by atoms with Crippen molar-refractivity contribution in [3.8, 4) is 5.75 Å². The predicted molar refractivity (Wildman–Crippen MR) is 117 cm³/mol. The van der Waals surface area contributed by atoms with Crippen molar-refractivity contribution in [2.45, 2.75) is 29.7 Å². The molecule has 0 bridgehead atoms. The number of hydrogen-bond donors (Lipinski definition) is 1. The van der Waals surface area contributed by atoms with E-state index in [0.29, 0.717) is 19.0 Å². The molecule has 10 heteroatoms. The third-order valence-corrected chi connectivity index (χ3v) is 8.54. The van der Waals surface area contributed by atoms with Crippen molar-refractivity contribution in [2.24, 2.45) is 5.92 Å². The van der Waals surface area contributed by atoms with E-state index in [0.717, 1.165) is 5.56 Å². The summed E-state index contributed by atoms with van der Waals surface area (Å²) in [6, 6.07) is 12.1. The second-order valence-corrected chi connectivity index (χ2v) is 11.3. The minimum Gasteiger partial charge on any atom is -0.497 e. The first-order valence-corrected chi connectivity index (χ1v) is 12.9. The van der Waals surface area contributed by atoms with Gasteiger partial charge in [0.2, 0.25) is 20.0 Å². The molecule has 0 amide bonds. The Labute approximate surface area is 184 Å². The normalized spacial score (nSPS) is 16.9. The molecule has 0 aliphatic carbocycles. The smallest absolute Gasteiger partial charge is 0.243 e. The van der Waals surface area contributed by atoms with Crippen molar-refractivity contribution in [3.05, 3.63) is 54.1 Å². The number of ether oxygens (including phenoxy) is 2. The van der Waals surface area contributed by atoms with Crippen molar-refractivity contribution in [2.75, 3.05) is 33.4 Å². The highest BCUT2D eigenvalue weighted by molar-refractivity contribution is 7.89. The number of hydrogen-bond acceptors (Lipinski definition) is 6. The van der Waals surface area contributed by atoms with E-state index in [1.54, 1.807) is 19.2 Å². The van der Waals surface area contributed by atoms with Gasteiger partial charge in [-0.15, -0.1) is 0 Å². The zero-order valence-corrected chi connectivity index (χ0v) is 19.4. The molecule has 3 rings (SSSR count). The van der Waals surface area contributed by atoms with Crippen LogP contribution < -0.4 is 9.46 Å². The molecule has 1 atom stereocenters. The Bertz CT molecular complexity index is 1080.